The van der Waals surface area contributed by atoms with Crippen molar-refractivity contribution in [1.82, 2.24) is 10.2 Å². The summed E-state index contributed by atoms with van der Waals surface area (Å²) >= 11 is 4.97. The zero-order valence-corrected chi connectivity index (χ0v) is 8.94. The maximum atomic E-state index is 13.1. The normalized spacial score (nSPS) is 10.3. The van der Waals surface area contributed by atoms with Crippen LogP contribution in [0.5, 0.6) is 0 Å². The van der Waals surface area contributed by atoms with E-state index < -0.39 is 0 Å². The summed E-state index contributed by atoms with van der Waals surface area (Å²) in [5.41, 5.74) is 2.43. The van der Waals surface area contributed by atoms with Gasteiger partial charge < -0.3 is 0 Å². The molecule has 0 spiro atoms. The van der Waals surface area contributed by atoms with Crippen LogP contribution in [0.2, 0.25) is 0 Å². The molecule has 0 bridgehead atoms. The molecule has 1 aromatic carbocycles. The van der Waals surface area contributed by atoms with Crippen molar-refractivity contribution in [3.63, 3.8) is 0 Å². The van der Waals surface area contributed by atoms with E-state index >= 15 is 0 Å². The van der Waals surface area contributed by atoms with Gasteiger partial charge in [0.05, 0.1) is 6.20 Å². The highest BCUT2D eigenvalue weighted by atomic mass is 32.1. The third-order valence-electron chi connectivity index (χ3n) is 2.16. The second-order valence-electron chi connectivity index (χ2n) is 3.30. The lowest BCUT2D eigenvalue weighted by molar-refractivity contribution is 0.619. The molecule has 0 aliphatic carbocycles. The summed E-state index contributed by atoms with van der Waals surface area (Å²) in [6.45, 7) is 1.73. The van der Waals surface area contributed by atoms with Crippen LogP contribution in [0, 0.1) is 17.4 Å². The first-order valence-electron chi connectivity index (χ1n) is 4.48. The Labute approximate surface area is 91.8 Å². The maximum absolute atomic E-state index is 13.1. The average Bonchev–Trinajstić information content (AvgIpc) is 2.22. The Morgan fingerprint density at radius 3 is 2.73 bits per heavy atom. The fourth-order valence-corrected chi connectivity index (χ4v) is 1.54. The summed E-state index contributed by atoms with van der Waals surface area (Å²) in [5.74, 6) is -0.201. The number of benzene rings is 1. The fourth-order valence-electron chi connectivity index (χ4n) is 1.36. The van der Waals surface area contributed by atoms with E-state index in [4.69, 9.17) is 12.2 Å². The SMILES string of the molecule is Cc1cc(-c2cn[nH]c(=S)c2)ccc1F. The van der Waals surface area contributed by atoms with E-state index in [1.54, 1.807) is 31.3 Å². The lowest BCUT2D eigenvalue weighted by Gasteiger charge is -2.02. The molecule has 2 rings (SSSR count). The first-order chi connectivity index (χ1) is 7.16. The van der Waals surface area contributed by atoms with Crippen molar-refractivity contribution in [3.8, 4) is 11.1 Å². The first kappa shape index (κ1) is 9.98. The standard InChI is InChI=1S/C11H9FN2S/c1-7-4-8(2-3-10(7)12)9-5-11(15)14-13-6-9/h2-6H,1H3,(H,14,15). The molecule has 0 unspecified atom stereocenters. The minimum absolute atomic E-state index is 0.201. The molecule has 0 amide bonds. The van der Waals surface area contributed by atoms with Gasteiger partial charge >= 0.3 is 0 Å². The Hall–Kier alpha value is -1.55. The minimum atomic E-state index is -0.201. The van der Waals surface area contributed by atoms with Gasteiger partial charge in [0.1, 0.15) is 10.5 Å². The molecule has 0 atom stereocenters. The number of aromatic amines is 1. The Balaban J connectivity index is 2.55. The van der Waals surface area contributed by atoms with E-state index in [2.05, 4.69) is 10.2 Å². The van der Waals surface area contributed by atoms with E-state index in [9.17, 15) is 4.39 Å². The predicted molar refractivity (Wildman–Crippen MR) is 59.6 cm³/mol. The number of aryl methyl sites for hydroxylation is 1. The van der Waals surface area contributed by atoms with E-state index in [1.165, 1.54) is 6.07 Å². The third-order valence-corrected chi connectivity index (χ3v) is 2.37. The second kappa shape index (κ2) is 3.90. The molecule has 0 aliphatic rings. The highest BCUT2D eigenvalue weighted by molar-refractivity contribution is 7.71. The molecule has 0 radical (unpaired) electrons. The Morgan fingerprint density at radius 2 is 2.07 bits per heavy atom. The summed E-state index contributed by atoms with van der Waals surface area (Å²) < 4.78 is 13.6. The van der Waals surface area contributed by atoms with Gasteiger partial charge in [-0.1, -0.05) is 18.3 Å². The second-order valence-corrected chi connectivity index (χ2v) is 3.74. The van der Waals surface area contributed by atoms with E-state index in [0.717, 1.165) is 11.1 Å². The van der Waals surface area contributed by atoms with E-state index in [1.807, 2.05) is 0 Å². The number of H-pyrrole nitrogens is 1. The van der Waals surface area contributed by atoms with Crippen molar-refractivity contribution in [1.29, 1.82) is 0 Å². The Kier molecular flexibility index (Phi) is 2.60. The molecule has 2 aromatic rings. The monoisotopic (exact) mass is 220 g/mol. The molecular weight excluding hydrogens is 211 g/mol. The highest BCUT2D eigenvalue weighted by Crippen LogP contribution is 2.20. The van der Waals surface area contributed by atoms with Crippen LogP contribution in [-0.4, -0.2) is 10.2 Å². The van der Waals surface area contributed by atoms with Crippen LogP contribution in [0.25, 0.3) is 11.1 Å². The van der Waals surface area contributed by atoms with Crippen LogP contribution in [0.1, 0.15) is 5.56 Å². The zero-order valence-electron chi connectivity index (χ0n) is 8.12. The van der Waals surface area contributed by atoms with Crippen LogP contribution in [0.15, 0.2) is 30.5 Å². The number of aromatic nitrogens is 2. The van der Waals surface area contributed by atoms with Gasteiger partial charge in [0.15, 0.2) is 0 Å². The van der Waals surface area contributed by atoms with Gasteiger partial charge in [-0.2, -0.15) is 5.10 Å². The van der Waals surface area contributed by atoms with Crippen LogP contribution >= 0.6 is 12.2 Å². The molecule has 1 heterocycles. The van der Waals surface area contributed by atoms with Gasteiger partial charge in [-0.3, -0.25) is 5.10 Å². The lowest BCUT2D eigenvalue weighted by atomic mass is 10.1. The molecule has 76 valence electrons. The minimum Gasteiger partial charge on any atom is -0.268 e. The van der Waals surface area contributed by atoms with Crippen LogP contribution in [0.3, 0.4) is 0 Å². The van der Waals surface area contributed by atoms with E-state index in [-0.39, 0.29) is 5.82 Å². The summed E-state index contributed by atoms with van der Waals surface area (Å²) in [4.78, 5) is 0. The number of halogens is 1. The Bertz CT molecular complexity index is 548. The van der Waals surface area contributed by atoms with Crippen molar-refractivity contribution in [3.05, 3.63) is 46.5 Å². The molecule has 4 heteroatoms. The van der Waals surface area contributed by atoms with Crippen molar-refractivity contribution >= 4 is 12.2 Å². The van der Waals surface area contributed by atoms with Gasteiger partial charge in [0, 0.05) is 5.56 Å². The molecular formula is C11H9FN2S. The quantitative estimate of drug-likeness (QED) is 0.747. The number of hydrogen-bond donors (Lipinski definition) is 1. The number of nitrogens with zero attached hydrogens (tertiary/aromatic N) is 1. The van der Waals surface area contributed by atoms with Crippen molar-refractivity contribution in [2.45, 2.75) is 6.92 Å². The van der Waals surface area contributed by atoms with Gasteiger partial charge in [-0.25, -0.2) is 4.39 Å². The molecule has 1 N–H and O–H groups in total. The van der Waals surface area contributed by atoms with Gasteiger partial charge in [0.25, 0.3) is 0 Å². The van der Waals surface area contributed by atoms with Gasteiger partial charge in [-0.05, 0) is 36.2 Å². The van der Waals surface area contributed by atoms with Gasteiger partial charge in [0.2, 0.25) is 0 Å². The number of rotatable bonds is 1. The number of hydrogen-bond acceptors (Lipinski definition) is 2. The van der Waals surface area contributed by atoms with E-state index in [0.29, 0.717) is 10.2 Å². The molecule has 0 saturated carbocycles. The Morgan fingerprint density at radius 1 is 1.27 bits per heavy atom. The van der Waals surface area contributed by atoms with Gasteiger partial charge in [-0.15, -0.1) is 0 Å². The molecule has 1 aromatic heterocycles. The smallest absolute Gasteiger partial charge is 0.126 e. The fraction of sp³-hybridized carbons (Fsp3) is 0.0909. The van der Waals surface area contributed by atoms with Crippen LogP contribution in [-0.2, 0) is 0 Å². The summed E-state index contributed by atoms with van der Waals surface area (Å²) in [6.07, 6.45) is 1.67. The third kappa shape index (κ3) is 2.10. The summed E-state index contributed by atoms with van der Waals surface area (Å²) in [5, 5.41) is 6.55. The summed E-state index contributed by atoms with van der Waals surface area (Å²) in [6, 6.07) is 6.74. The molecule has 15 heavy (non-hydrogen) atoms. The predicted octanol–water partition coefficient (Wildman–Crippen LogP) is 3.25. The number of nitrogens with one attached hydrogen (secondary N) is 1. The first-order valence-corrected chi connectivity index (χ1v) is 4.89. The average molecular weight is 220 g/mol. The van der Waals surface area contributed by atoms with Crippen LogP contribution in [0.4, 0.5) is 4.39 Å². The highest BCUT2D eigenvalue weighted by Gasteiger charge is 2.01. The summed E-state index contributed by atoms with van der Waals surface area (Å²) in [7, 11) is 0. The molecule has 2 nitrogen and oxygen atoms in total. The molecule has 0 fully saturated rings. The largest absolute Gasteiger partial charge is 0.268 e. The molecule has 0 saturated heterocycles. The topological polar surface area (TPSA) is 28.7 Å². The maximum Gasteiger partial charge on any atom is 0.126 e. The van der Waals surface area contributed by atoms with Crippen molar-refractivity contribution in [2.24, 2.45) is 0 Å². The zero-order chi connectivity index (χ0) is 10.8. The molecule has 0 aliphatic heterocycles. The van der Waals surface area contributed by atoms with Crippen molar-refractivity contribution < 1.29 is 4.39 Å². The van der Waals surface area contributed by atoms with Crippen LogP contribution < -0.4 is 0 Å². The lowest BCUT2D eigenvalue weighted by Crippen LogP contribution is -1.87. The van der Waals surface area contributed by atoms with Crippen molar-refractivity contribution in [2.75, 3.05) is 0 Å².